The fraction of sp³-hybridized carbons (Fsp3) is 0.167. The van der Waals surface area contributed by atoms with Crippen LogP contribution in [0.2, 0.25) is 0 Å². The maximum atomic E-state index is 11.8. The molecule has 0 radical (unpaired) electrons. The monoisotopic (exact) mass is 310 g/mol. The highest BCUT2D eigenvalue weighted by atomic mass is 32.2. The molecule has 0 saturated carbocycles. The van der Waals surface area contributed by atoms with Gasteiger partial charge in [0.05, 0.1) is 5.75 Å². The lowest BCUT2D eigenvalue weighted by Crippen LogP contribution is -2.19. The summed E-state index contributed by atoms with van der Waals surface area (Å²) in [7, 11) is -3.43. The van der Waals surface area contributed by atoms with Gasteiger partial charge in [0.25, 0.3) is 0 Å². The van der Waals surface area contributed by atoms with E-state index in [2.05, 4.69) is 14.7 Å². The van der Waals surface area contributed by atoms with E-state index < -0.39 is 10.0 Å². The molecule has 0 aliphatic rings. The van der Waals surface area contributed by atoms with Crippen molar-refractivity contribution in [1.29, 1.82) is 0 Å². The zero-order valence-electron chi connectivity index (χ0n) is 10.6. The highest BCUT2D eigenvalue weighted by molar-refractivity contribution is 8.01. The van der Waals surface area contributed by atoms with Gasteiger partial charge in [-0.1, -0.05) is 0 Å². The average molecular weight is 310 g/mol. The van der Waals surface area contributed by atoms with Crippen molar-refractivity contribution in [2.45, 2.75) is 4.90 Å². The second-order valence-corrected chi connectivity index (χ2v) is 6.92. The number of hydrogen-bond acceptors (Lipinski definition) is 6. The number of aromatic nitrogens is 2. The molecule has 0 spiro atoms. The quantitative estimate of drug-likeness (QED) is 0.621. The molecular weight excluding hydrogens is 296 g/mol. The van der Waals surface area contributed by atoms with Crippen LogP contribution in [0.4, 0.5) is 11.6 Å². The second-order valence-electron chi connectivity index (χ2n) is 3.91. The molecule has 3 N–H and O–H groups in total. The molecular formula is C12H14N4O2S2. The molecule has 1 aromatic heterocycles. The van der Waals surface area contributed by atoms with Crippen LogP contribution in [0.15, 0.2) is 47.6 Å². The highest BCUT2D eigenvalue weighted by Crippen LogP contribution is 2.19. The van der Waals surface area contributed by atoms with E-state index >= 15 is 0 Å². The van der Waals surface area contributed by atoms with Crippen molar-refractivity contribution in [2.75, 3.05) is 22.0 Å². The Morgan fingerprint density at radius 1 is 1.15 bits per heavy atom. The zero-order chi connectivity index (χ0) is 14.4. The van der Waals surface area contributed by atoms with Crippen LogP contribution in [-0.2, 0) is 10.0 Å². The molecule has 0 aliphatic heterocycles. The molecule has 0 fully saturated rings. The summed E-state index contributed by atoms with van der Waals surface area (Å²) in [5, 5.41) is 0. The summed E-state index contributed by atoms with van der Waals surface area (Å²) < 4.78 is 26.0. The fourth-order valence-electron chi connectivity index (χ4n) is 1.38. The molecule has 6 nitrogen and oxygen atoms in total. The third-order valence-corrected chi connectivity index (χ3v) is 4.82. The zero-order valence-corrected chi connectivity index (χ0v) is 12.2. The largest absolute Gasteiger partial charge is 0.399 e. The van der Waals surface area contributed by atoms with Gasteiger partial charge in [-0.15, -0.1) is 11.8 Å². The Hall–Kier alpha value is -1.80. The summed E-state index contributed by atoms with van der Waals surface area (Å²) in [6.07, 6.45) is 2.96. The average Bonchev–Trinajstić information content (AvgIpc) is 2.41. The van der Waals surface area contributed by atoms with Gasteiger partial charge in [0, 0.05) is 28.7 Å². The van der Waals surface area contributed by atoms with Crippen molar-refractivity contribution < 1.29 is 8.42 Å². The predicted octanol–water partition coefficient (Wildman–Crippen LogP) is 1.59. The van der Waals surface area contributed by atoms with Crippen molar-refractivity contribution in [3.63, 3.8) is 0 Å². The minimum atomic E-state index is -3.43. The number of nitrogens with one attached hydrogen (secondary N) is 1. The van der Waals surface area contributed by atoms with Gasteiger partial charge in [0.2, 0.25) is 16.0 Å². The Morgan fingerprint density at radius 2 is 1.80 bits per heavy atom. The first-order valence-electron chi connectivity index (χ1n) is 5.81. The van der Waals surface area contributed by atoms with Gasteiger partial charge < -0.3 is 5.73 Å². The van der Waals surface area contributed by atoms with Crippen LogP contribution in [0, 0.1) is 0 Å². The van der Waals surface area contributed by atoms with Crippen molar-refractivity contribution in [3.8, 4) is 0 Å². The SMILES string of the molecule is Nc1ccc(SCCS(=O)(=O)Nc2ncccn2)cc1. The van der Waals surface area contributed by atoms with Crippen molar-refractivity contribution in [3.05, 3.63) is 42.7 Å². The molecule has 0 atom stereocenters. The standard InChI is InChI=1S/C12H14N4O2S2/c13-10-2-4-11(5-3-10)19-8-9-20(17,18)16-12-14-6-1-7-15-12/h1-7H,8-9,13H2,(H,14,15,16). The smallest absolute Gasteiger partial charge is 0.236 e. The summed E-state index contributed by atoms with van der Waals surface area (Å²) in [6, 6.07) is 8.91. The number of benzene rings is 1. The first-order valence-corrected chi connectivity index (χ1v) is 8.45. The molecule has 20 heavy (non-hydrogen) atoms. The van der Waals surface area contributed by atoms with Gasteiger partial charge in [-0.05, 0) is 30.3 Å². The van der Waals surface area contributed by atoms with Gasteiger partial charge in [0.15, 0.2) is 0 Å². The lowest BCUT2D eigenvalue weighted by Gasteiger charge is -2.06. The summed E-state index contributed by atoms with van der Waals surface area (Å²) in [5.41, 5.74) is 6.27. The Kier molecular flexibility index (Phi) is 4.80. The minimum absolute atomic E-state index is 0.0136. The minimum Gasteiger partial charge on any atom is -0.399 e. The van der Waals surface area contributed by atoms with E-state index in [1.54, 1.807) is 18.2 Å². The maximum Gasteiger partial charge on any atom is 0.236 e. The number of nitrogens with two attached hydrogens (primary N) is 1. The number of rotatable bonds is 6. The lowest BCUT2D eigenvalue weighted by molar-refractivity contribution is 0.602. The van der Waals surface area contributed by atoms with Crippen molar-refractivity contribution in [2.24, 2.45) is 0 Å². The molecule has 0 aliphatic carbocycles. The predicted molar refractivity (Wildman–Crippen MR) is 81.0 cm³/mol. The van der Waals surface area contributed by atoms with Gasteiger partial charge in [-0.3, -0.25) is 4.72 Å². The van der Waals surface area contributed by atoms with Gasteiger partial charge >= 0.3 is 0 Å². The van der Waals surface area contributed by atoms with Gasteiger partial charge in [0.1, 0.15) is 0 Å². The normalized spacial score (nSPS) is 11.2. The first-order chi connectivity index (χ1) is 9.55. The van der Waals surface area contributed by atoms with Gasteiger partial charge in [-0.2, -0.15) is 0 Å². The molecule has 0 bridgehead atoms. The summed E-state index contributed by atoms with van der Waals surface area (Å²) in [4.78, 5) is 8.61. The summed E-state index contributed by atoms with van der Waals surface area (Å²) in [6.45, 7) is 0. The van der Waals surface area contributed by atoms with Crippen LogP contribution in [0.5, 0.6) is 0 Å². The second kappa shape index (κ2) is 6.58. The maximum absolute atomic E-state index is 11.8. The van der Waals surface area contributed by atoms with Crippen LogP contribution in [0.1, 0.15) is 0 Å². The third-order valence-electron chi connectivity index (χ3n) is 2.31. The van der Waals surface area contributed by atoms with Crippen LogP contribution in [0.25, 0.3) is 0 Å². The molecule has 2 aromatic rings. The van der Waals surface area contributed by atoms with E-state index in [1.165, 1.54) is 24.2 Å². The summed E-state index contributed by atoms with van der Waals surface area (Å²) >= 11 is 1.45. The van der Waals surface area contributed by atoms with E-state index in [9.17, 15) is 8.42 Å². The molecule has 1 aromatic carbocycles. The van der Waals surface area contributed by atoms with Crippen LogP contribution in [-0.4, -0.2) is 29.9 Å². The van der Waals surface area contributed by atoms with E-state index in [1.807, 2.05) is 12.1 Å². The third kappa shape index (κ3) is 4.71. The molecule has 106 valence electrons. The first kappa shape index (κ1) is 14.6. The number of nitrogens with zero attached hydrogens (tertiary/aromatic N) is 2. The molecule has 8 heteroatoms. The van der Waals surface area contributed by atoms with Crippen LogP contribution in [0.3, 0.4) is 0 Å². The van der Waals surface area contributed by atoms with E-state index in [-0.39, 0.29) is 11.7 Å². The van der Waals surface area contributed by atoms with Crippen LogP contribution >= 0.6 is 11.8 Å². The number of anilines is 2. The summed E-state index contributed by atoms with van der Waals surface area (Å²) in [5.74, 6) is 0.511. The Balaban J connectivity index is 1.85. The van der Waals surface area contributed by atoms with Crippen molar-refractivity contribution in [1.82, 2.24) is 9.97 Å². The number of thioether (sulfide) groups is 1. The molecule has 0 amide bonds. The fourth-order valence-corrected chi connectivity index (χ4v) is 3.64. The van der Waals surface area contributed by atoms with E-state index in [4.69, 9.17) is 5.73 Å². The number of nitrogen functional groups attached to an aromatic ring is 1. The van der Waals surface area contributed by atoms with Crippen molar-refractivity contribution >= 4 is 33.4 Å². The Morgan fingerprint density at radius 3 is 2.45 bits per heavy atom. The van der Waals surface area contributed by atoms with Gasteiger partial charge in [-0.25, -0.2) is 18.4 Å². The van der Waals surface area contributed by atoms with E-state index in [0.717, 1.165) is 4.90 Å². The number of sulfonamides is 1. The lowest BCUT2D eigenvalue weighted by atomic mass is 10.3. The van der Waals surface area contributed by atoms with E-state index in [0.29, 0.717) is 11.4 Å². The Labute approximate surface area is 121 Å². The molecule has 0 unspecified atom stereocenters. The number of hydrogen-bond donors (Lipinski definition) is 2. The molecule has 0 saturated heterocycles. The van der Waals surface area contributed by atoms with Crippen LogP contribution < -0.4 is 10.5 Å². The molecule has 2 rings (SSSR count). The molecule has 1 heterocycles. The highest BCUT2D eigenvalue weighted by Gasteiger charge is 2.11. The Bertz CT molecular complexity index is 645. The topological polar surface area (TPSA) is 98.0 Å².